The van der Waals surface area contributed by atoms with E-state index in [2.05, 4.69) is 221 Å². The highest BCUT2D eigenvalue weighted by Gasteiger charge is 2.22. The first-order valence-corrected chi connectivity index (χ1v) is 23.1. The number of nitrogens with zero attached hydrogens (tertiary/aromatic N) is 5. The summed E-state index contributed by atoms with van der Waals surface area (Å²) in [6, 6.07) is 84.7. The van der Waals surface area contributed by atoms with Crippen molar-refractivity contribution < 1.29 is 0 Å². The zero-order valence-corrected chi connectivity index (χ0v) is 36.8. The Balaban J connectivity index is 1.00. The maximum atomic E-state index is 5.34. The van der Waals surface area contributed by atoms with Crippen LogP contribution >= 0.6 is 0 Å². The van der Waals surface area contributed by atoms with Crippen LogP contribution in [0.3, 0.4) is 0 Å². The van der Waals surface area contributed by atoms with Crippen LogP contribution in [0.1, 0.15) is 0 Å². The van der Waals surface area contributed by atoms with Gasteiger partial charge in [-0.1, -0.05) is 194 Å². The van der Waals surface area contributed by atoms with Crippen molar-refractivity contribution in [1.29, 1.82) is 0 Å². The maximum absolute atomic E-state index is 5.34. The molecule has 0 saturated carbocycles. The quantitative estimate of drug-likeness (QED) is 0.156. The van der Waals surface area contributed by atoms with E-state index in [1.807, 2.05) is 24.3 Å². The van der Waals surface area contributed by atoms with E-state index < -0.39 is 0 Å². The highest BCUT2D eigenvalue weighted by atomic mass is 15.2. The molecular weight excluding hydrogens is 827 g/mol. The fourth-order valence-corrected chi connectivity index (χ4v) is 10.7. The van der Waals surface area contributed by atoms with Crippen molar-refractivity contribution in [2.75, 3.05) is 0 Å². The average molecular weight is 866 g/mol. The normalized spacial score (nSPS) is 11.8. The van der Waals surface area contributed by atoms with Gasteiger partial charge in [-0.2, -0.15) is 9.97 Å². The molecule has 0 bridgehead atoms. The van der Waals surface area contributed by atoms with Crippen LogP contribution in [0.15, 0.2) is 237 Å². The van der Waals surface area contributed by atoms with Crippen molar-refractivity contribution in [3.05, 3.63) is 237 Å². The van der Waals surface area contributed by atoms with Gasteiger partial charge in [0.2, 0.25) is 5.95 Å². The summed E-state index contributed by atoms with van der Waals surface area (Å²) in [4.78, 5) is 15.8. The van der Waals surface area contributed by atoms with Gasteiger partial charge in [-0.15, -0.1) is 0 Å². The van der Waals surface area contributed by atoms with Crippen LogP contribution in [-0.2, 0) is 0 Å². The number of hydrogen-bond acceptors (Lipinski definition) is 3. The Labute approximate surface area is 391 Å². The predicted molar refractivity (Wildman–Crippen MR) is 283 cm³/mol. The molecule has 0 fully saturated rings. The van der Waals surface area contributed by atoms with Gasteiger partial charge in [-0.25, -0.2) is 4.98 Å². The molecule has 68 heavy (non-hydrogen) atoms. The van der Waals surface area contributed by atoms with Crippen LogP contribution < -0.4 is 0 Å². The van der Waals surface area contributed by atoms with Crippen LogP contribution in [0.25, 0.3) is 133 Å². The summed E-state index contributed by atoms with van der Waals surface area (Å²) in [6.07, 6.45) is 0. The second-order valence-corrected chi connectivity index (χ2v) is 17.6. The van der Waals surface area contributed by atoms with E-state index in [1.165, 1.54) is 48.8 Å². The fraction of sp³-hybridized carbons (Fsp3) is 0. The van der Waals surface area contributed by atoms with Gasteiger partial charge in [-0.05, 0) is 91.5 Å². The highest BCUT2D eigenvalue weighted by Crippen LogP contribution is 2.43. The minimum atomic E-state index is 0.565. The first kappa shape index (κ1) is 38.1. The van der Waals surface area contributed by atoms with E-state index in [-0.39, 0.29) is 0 Å². The minimum Gasteiger partial charge on any atom is -0.309 e. The molecule has 0 spiro atoms. The molecule has 316 valence electrons. The zero-order chi connectivity index (χ0) is 44.7. The monoisotopic (exact) mass is 865 g/mol. The van der Waals surface area contributed by atoms with Gasteiger partial charge in [0.25, 0.3) is 0 Å². The van der Waals surface area contributed by atoms with Crippen LogP contribution in [0, 0.1) is 0 Å². The van der Waals surface area contributed by atoms with Gasteiger partial charge in [0, 0.05) is 38.2 Å². The molecule has 0 aliphatic heterocycles. The molecule has 0 radical (unpaired) electrons. The van der Waals surface area contributed by atoms with Crippen LogP contribution in [-0.4, -0.2) is 24.1 Å². The zero-order valence-electron chi connectivity index (χ0n) is 36.8. The maximum Gasteiger partial charge on any atom is 0.238 e. The second-order valence-electron chi connectivity index (χ2n) is 17.6. The smallest absolute Gasteiger partial charge is 0.238 e. The standard InChI is InChI=1S/C63H39N5/c1-3-18-40(19-4-1)42-22-17-23-44(36-42)62-64-61(41-20-5-2-6-21-41)65-63(66-62)68-58-33-16-13-30-52(58)55-38-59-54(39-60(55)68)51-29-12-15-32-57(51)67(59)56-31-14-11-24-45(56)43-34-35-50-48-27-8-7-25-46(48)47-26-9-10-28-49(47)53(50)37-43/h1-39H. The van der Waals surface area contributed by atoms with E-state index in [4.69, 9.17) is 15.0 Å². The number of rotatable bonds is 6. The molecule has 5 nitrogen and oxygen atoms in total. The molecule has 5 heteroatoms. The lowest BCUT2D eigenvalue weighted by molar-refractivity contribution is 0.954. The van der Waals surface area contributed by atoms with Crippen molar-refractivity contribution in [2.24, 2.45) is 0 Å². The molecule has 3 heterocycles. The SMILES string of the molecule is c1ccc(-c2cccc(-c3nc(-c4ccccc4)nc(-n4c5ccccc5c5cc6c(cc54)c4ccccc4n6-c4ccccc4-c4ccc5c6ccccc6c6ccccc6c5c4)n3)c2)cc1. The van der Waals surface area contributed by atoms with Crippen LogP contribution in [0.4, 0.5) is 0 Å². The van der Waals surface area contributed by atoms with E-state index in [1.54, 1.807) is 0 Å². The minimum absolute atomic E-state index is 0.565. The second kappa shape index (κ2) is 15.2. The first-order valence-electron chi connectivity index (χ1n) is 23.1. The van der Waals surface area contributed by atoms with Crippen molar-refractivity contribution in [2.45, 2.75) is 0 Å². The Morgan fingerprint density at radius 3 is 1.37 bits per heavy atom. The molecule has 14 aromatic rings. The Morgan fingerprint density at radius 1 is 0.235 bits per heavy atom. The fourth-order valence-electron chi connectivity index (χ4n) is 10.7. The highest BCUT2D eigenvalue weighted by molar-refractivity contribution is 6.26. The summed E-state index contributed by atoms with van der Waals surface area (Å²) in [5.41, 5.74) is 11.9. The van der Waals surface area contributed by atoms with Gasteiger partial charge < -0.3 is 4.57 Å². The summed E-state index contributed by atoms with van der Waals surface area (Å²) >= 11 is 0. The van der Waals surface area contributed by atoms with Gasteiger partial charge >= 0.3 is 0 Å². The molecule has 0 aliphatic carbocycles. The average Bonchev–Trinajstić information content (AvgIpc) is 3.92. The Morgan fingerprint density at radius 2 is 0.706 bits per heavy atom. The van der Waals surface area contributed by atoms with Gasteiger partial charge in [0.05, 0.1) is 27.8 Å². The van der Waals surface area contributed by atoms with E-state index in [0.717, 1.165) is 66.2 Å². The molecule has 0 amide bonds. The molecule has 11 aromatic carbocycles. The van der Waals surface area contributed by atoms with E-state index in [9.17, 15) is 0 Å². The lowest BCUT2D eigenvalue weighted by Gasteiger charge is -2.16. The summed E-state index contributed by atoms with van der Waals surface area (Å²) < 4.78 is 4.69. The molecular formula is C63H39N5. The van der Waals surface area contributed by atoms with Crippen LogP contribution in [0.5, 0.6) is 0 Å². The Hall–Kier alpha value is -9.19. The predicted octanol–water partition coefficient (Wildman–Crippen LogP) is 16.2. The third-order valence-electron chi connectivity index (χ3n) is 13.7. The van der Waals surface area contributed by atoms with E-state index in [0.29, 0.717) is 17.6 Å². The van der Waals surface area contributed by atoms with Crippen molar-refractivity contribution in [3.63, 3.8) is 0 Å². The van der Waals surface area contributed by atoms with E-state index >= 15 is 0 Å². The van der Waals surface area contributed by atoms with Gasteiger partial charge in [0.1, 0.15) is 0 Å². The summed E-state index contributed by atoms with van der Waals surface area (Å²) in [5.74, 6) is 1.79. The molecule has 0 saturated heterocycles. The molecule has 0 atom stereocenters. The molecule has 0 unspecified atom stereocenters. The summed E-state index contributed by atoms with van der Waals surface area (Å²) in [6.45, 7) is 0. The lowest BCUT2D eigenvalue weighted by Crippen LogP contribution is -2.06. The summed E-state index contributed by atoms with van der Waals surface area (Å²) in [7, 11) is 0. The third-order valence-corrected chi connectivity index (χ3v) is 13.7. The topological polar surface area (TPSA) is 48.5 Å². The largest absolute Gasteiger partial charge is 0.309 e. The first-order chi connectivity index (χ1) is 33.7. The molecule has 14 rings (SSSR count). The Kier molecular flexibility index (Phi) is 8.52. The van der Waals surface area contributed by atoms with Crippen molar-refractivity contribution in [3.8, 4) is 56.7 Å². The third kappa shape index (κ3) is 5.93. The van der Waals surface area contributed by atoms with Crippen molar-refractivity contribution >= 4 is 75.9 Å². The molecule has 0 aliphatic rings. The summed E-state index contributed by atoms with van der Waals surface area (Å²) in [5, 5.41) is 12.2. The van der Waals surface area contributed by atoms with Crippen molar-refractivity contribution in [1.82, 2.24) is 24.1 Å². The van der Waals surface area contributed by atoms with Crippen LogP contribution in [0.2, 0.25) is 0 Å². The molecule has 3 aromatic heterocycles. The number of benzene rings is 11. The number of aromatic nitrogens is 5. The molecule has 0 N–H and O–H groups in total. The Bertz CT molecular complexity index is 4280. The lowest BCUT2D eigenvalue weighted by atomic mass is 9.92. The van der Waals surface area contributed by atoms with Gasteiger partial charge in [0.15, 0.2) is 11.6 Å². The van der Waals surface area contributed by atoms with Gasteiger partial charge in [-0.3, -0.25) is 4.57 Å². The number of hydrogen-bond donors (Lipinski definition) is 0. The number of fused-ring (bicyclic) bond motifs is 12. The number of para-hydroxylation sites is 3.